The molecule has 0 aliphatic heterocycles. The van der Waals surface area contributed by atoms with E-state index in [1.807, 2.05) is 0 Å². The first-order chi connectivity index (χ1) is 9.32. The second-order valence-electron chi connectivity index (χ2n) is 3.74. The average molecular weight is 335 g/mol. The highest BCUT2D eigenvalue weighted by molar-refractivity contribution is 8.13. The Morgan fingerprint density at radius 3 is 2.40 bits per heavy atom. The molecule has 4 nitrogen and oxygen atoms in total. The lowest BCUT2D eigenvalue weighted by atomic mass is 10.2. The third-order valence-corrected chi connectivity index (χ3v) is 5.10. The summed E-state index contributed by atoms with van der Waals surface area (Å²) in [5.74, 6) is -1.20. The SMILES string of the molecule is COC(=O)c1sc(-c2ccc(F)cc2)cc1S(=O)(=O)Cl. The Balaban J connectivity index is 2.60. The molecule has 2 rings (SSSR count). The van der Waals surface area contributed by atoms with Gasteiger partial charge in [-0.15, -0.1) is 11.3 Å². The zero-order valence-corrected chi connectivity index (χ0v) is 12.5. The zero-order valence-electron chi connectivity index (χ0n) is 10.1. The van der Waals surface area contributed by atoms with E-state index in [1.54, 1.807) is 0 Å². The van der Waals surface area contributed by atoms with Crippen molar-refractivity contribution in [2.75, 3.05) is 7.11 Å². The van der Waals surface area contributed by atoms with Gasteiger partial charge in [-0.2, -0.15) is 0 Å². The van der Waals surface area contributed by atoms with Gasteiger partial charge in [0.25, 0.3) is 9.05 Å². The van der Waals surface area contributed by atoms with Gasteiger partial charge in [0.05, 0.1) is 7.11 Å². The molecule has 1 heterocycles. The molecule has 0 fully saturated rings. The van der Waals surface area contributed by atoms with E-state index in [9.17, 15) is 17.6 Å². The van der Waals surface area contributed by atoms with Crippen molar-refractivity contribution in [3.05, 3.63) is 41.0 Å². The summed E-state index contributed by atoms with van der Waals surface area (Å²) in [6.07, 6.45) is 0. The number of ether oxygens (including phenoxy) is 1. The van der Waals surface area contributed by atoms with Crippen LogP contribution in [0.15, 0.2) is 35.2 Å². The summed E-state index contributed by atoms with van der Waals surface area (Å²) in [5, 5.41) is 0. The van der Waals surface area contributed by atoms with Crippen molar-refractivity contribution >= 4 is 37.0 Å². The van der Waals surface area contributed by atoms with Crippen LogP contribution in [0.4, 0.5) is 4.39 Å². The van der Waals surface area contributed by atoms with Gasteiger partial charge >= 0.3 is 5.97 Å². The Labute approximate surface area is 123 Å². The molecule has 1 aromatic heterocycles. The summed E-state index contributed by atoms with van der Waals surface area (Å²) in [5.41, 5.74) is 0.577. The van der Waals surface area contributed by atoms with Crippen LogP contribution in [0.1, 0.15) is 9.67 Å². The maximum Gasteiger partial charge on any atom is 0.349 e. The van der Waals surface area contributed by atoms with E-state index in [-0.39, 0.29) is 9.77 Å². The third kappa shape index (κ3) is 3.00. The van der Waals surface area contributed by atoms with Gasteiger partial charge in [-0.3, -0.25) is 0 Å². The molecule has 0 saturated carbocycles. The van der Waals surface area contributed by atoms with Crippen molar-refractivity contribution in [3.63, 3.8) is 0 Å². The van der Waals surface area contributed by atoms with E-state index >= 15 is 0 Å². The predicted molar refractivity (Wildman–Crippen MR) is 74.1 cm³/mol. The van der Waals surface area contributed by atoms with Crippen LogP contribution >= 0.6 is 22.0 Å². The zero-order chi connectivity index (χ0) is 14.9. The third-order valence-electron chi connectivity index (χ3n) is 2.46. The van der Waals surface area contributed by atoms with Crippen LogP contribution in [0.3, 0.4) is 0 Å². The smallest absolute Gasteiger partial charge is 0.349 e. The topological polar surface area (TPSA) is 60.4 Å². The minimum absolute atomic E-state index is 0.109. The first-order valence-corrected chi connectivity index (χ1v) is 8.38. The number of hydrogen-bond acceptors (Lipinski definition) is 5. The molecule has 0 unspecified atom stereocenters. The summed E-state index contributed by atoms with van der Waals surface area (Å²) < 4.78 is 40.4. The lowest BCUT2D eigenvalue weighted by Crippen LogP contribution is -2.03. The van der Waals surface area contributed by atoms with Crippen LogP contribution in [0.5, 0.6) is 0 Å². The van der Waals surface area contributed by atoms with E-state index in [2.05, 4.69) is 4.74 Å². The molecule has 1 aromatic carbocycles. The van der Waals surface area contributed by atoms with Gasteiger partial charge < -0.3 is 4.74 Å². The minimum Gasteiger partial charge on any atom is -0.465 e. The Morgan fingerprint density at radius 2 is 1.90 bits per heavy atom. The molecule has 0 aliphatic carbocycles. The fourth-order valence-electron chi connectivity index (χ4n) is 1.55. The van der Waals surface area contributed by atoms with Crippen LogP contribution in [-0.2, 0) is 13.8 Å². The van der Waals surface area contributed by atoms with Crippen molar-refractivity contribution in [2.45, 2.75) is 4.90 Å². The van der Waals surface area contributed by atoms with Crippen molar-refractivity contribution in [3.8, 4) is 10.4 Å². The minimum atomic E-state index is -4.08. The fraction of sp³-hybridized carbons (Fsp3) is 0.0833. The summed E-state index contributed by atoms with van der Waals surface area (Å²) in [4.78, 5) is 11.6. The highest BCUT2D eigenvalue weighted by Gasteiger charge is 2.25. The number of halogens is 2. The molecule has 0 radical (unpaired) electrons. The molecular weight excluding hydrogens is 327 g/mol. The molecule has 0 N–H and O–H groups in total. The number of rotatable bonds is 3. The first-order valence-electron chi connectivity index (χ1n) is 5.25. The molecule has 8 heteroatoms. The Bertz CT molecular complexity index is 750. The number of thiophene rings is 1. The van der Waals surface area contributed by atoms with E-state index < -0.39 is 20.8 Å². The standard InChI is InChI=1S/C12H8ClFO4S2/c1-18-12(15)11-10(20(13,16)17)6-9(19-11)7-2-4-8(14)5-3-7/h2-6H,1H3. The van der Waals surface area contributed by atoms with Crippen LogP contribution in [0.2, 0.25) is 0 Å². The fourth-order valence-corrected chi connectivity index (χ4v) is 4.12. The quantitative estimate of drug-likeness (QED) is 0.638. The van der Waals surface area contributed by atoms with Crippen molar-refractivity contribution in [2.24, 2.45) is 0 Å². The molecular formula is C12H8ClFO4S2. The van der Waals surface area contributed by atoms with E-state index in [0.29, 0.717) is 10.4 Å². The first kappa shape index (κ1) is 15.0. The maximum absolute atomic E-state index is 12.9. The molecule has 0 amide bonds. The highest BCUT2D eigenvalue weighted by Crippen LogP contribution is 2.35. The molecule has 106 valence electrons. The summed E-state index contributed by atoms with van der Waals surface area (Å²) in [6, 6.07) is 6.70. The van der Waals surface area contributed by atoms with Gasteiger partial charge in [0.15, 0.2) is 0 Å². The van der Waals surface area contributed by atoms with E-state index in [0.717, 1.165) is 18.4 Å². The largest absolute Gasteiger partial charge is 0.465 e. The van der Waals surface area contributed by atoms with Crippen LogP contribution in [-0.4, -0.2) is 21.5 Å². The number of carbonyl (C=O) groups is 1. The Hall–Kier alpha value is -1.44. The molecule has 2 aromatic rings. The molecule has 20 heavy (non-hydrogen) atoms. The highest BCUT2D eigenvalue weighted by atomic mass is 35.7. The van der Waals surface area contributed by atoms with Crippen molar-refractivity contribution < 1.29 is 22.3 Å². The van der Waals surface area contributed by atoms with Gasteiger partial charge in [0.1, 0.15) is 15.6 Å². The predicted octanol–water partition coefficient (Wildman–Crippen LogP) is 3.27. The molecule has 0 saturated heterocycles. The van der Waals surface area contributed by atoms with Crippen molar-refractivity contribution in [1.29, 1.82) is 0 Å². The molecule has 0 atom stereocenters. The van der Waals surface area contributed by atoms with Crippen LogP contribution in [0.25, 0.3) is 10.4 Å². The van der Waals surface area contributed by atoms with Crippen LogP contribution in [0, 0.1) is 5.82 Å². The number of methoxy groups -OCH3 is 1. The molecule has 0 spiro atoms. The van der Waals surface area contributed by atoms with Crippen molar-refractivity contribution in [1.82, 2.24) is 0 Å². The summed E-state index contributed by atoms with van der Waals surface area (Å²) in [7, 11) is 2.37. The lowest BCUT2D eigenvalue weighted by Gasteiger charge is -1.97. The van der Waals surface area contributed by atoms with Gasteiger partial charge in [0, 0.05) is 15.6 Å². The van der Waals surface area contributed by atoms with Gasteiger partial charge in [-0.1, -0.05) is 12.1 Å². The molecule has 0 aliphatic rings. The number of esters is 1. The number of benzene rings is 1. The molecule has 0 bridgehead atoms. The maximum atomic E-state index is 12.9. The summed E-state index contributed by atoms with van der Waals surface area (Å²) in [6.45, 7) is 0. The van der Waals surface area contributed by atoms with E-state index in [1.165, 1.54) is 30.3 Å². The van der Waals surface area contributed by atoms with Gasteiger partial charge in [-0.25, -0.2) is 17.6 Å². The number of hydrogen-bond donors (Lipinski definition) is 0. The number of carbonyl (C=O) groups excluding carboxylic acids is 1. The second-order valence-corrected chi connectivity index (χ2v) is 7.33. The Kier molecular flexibility index (Phi) is 4.12. The van der Waals surface area contributed by atoms with Gasteiger partial charge in [0.2, 0.25) is 0 Å². The van der Waals surface area contributed by atoms with Gasteiger partial charge in [-0.05, 0) is 23.8 Å². The van der Waals surface area contributed by atoms with E-state index in [4.69, 9.17) is 10.7 Å². The monoisotopic (exact) mass is 334 g/mol. The lowest BCUT2D eigenvalue weighted by molar-refractivity contribution is 0.0602. The Morgan fingerprint density at radius 1 is 1.30 bits per heavy atom. The van der Waals surface area contributed by atoms with Crippen LogP contribution < -0.4 is 0 Å². The summed E-state index contributed by atoms with van der Waals surface area (Å²) >= 11 is 0.917. The second kappa shape index (κ2) is 5.51. The average Bonchev–Trinajstić information content (AvgIpc) is 2.83. The normalized spacial score (nSPS) is 11.3.